The Morgan fingerprint density at radius 1 is 1.24 bits per heavy atom. The van der Waals surface area contributed by atoms with Gasteiger partial charge in [0.2, 0.25) is 0 Å². The van der Waals surface area contributed by atoms with Crippen molar-refractivity contribution in [2.24, 2.45) is 7.05 Å². The summed E-state index contributed by atoms with van der Waals surface area (Å²) in [7, 11) is 1.72. The van der Waals surface area contributed by atoms with Crippen molar-refractivity contribution in [2.75, 3.05) is 10.6 Å². The number of hydrogen-bond donors (Lipinski definition) is 2. The molecule has 6 nitrogen and oxygen atoms in total. The van der Waals surface area contributed by atoms with Gasteiger partial charge in [-0.1, -0.05) is 32.9 Å². The molecule has 8 heteroatoms. The molecule has 0 unspecified atom stereocenters. The SMILES string of the molecule is Cc1c(NC(=O)c2cc3c(s2)CCCC3)cccc1-c1cn(C)c(=O)c(NC2=CC=IC=C2)n1. The highest BCUT2D eigenvalue weighted by atomic mass is 127. The first kappa shape index (κ1) is 22.9. The number of aryl methyl sites for hydroxylation is 3. The number of rotatable bonds is 5. The number of nitrogens with one attached hydrogen (secondary N) is 2. The van der Waals surface area contributed by atoms with E-state index in [1.807, 2.05) is 43.3 Å². The summed E-state index contributed by atoms with van der Waals surface area (Å²) in [6.07, 6.45) is 10.2. The zero-order valence-corrected chi connectivity index (χ0v) is 22.0. The first-order valence-corrected chi connectivity index (χ1v) is 14.5. The van der Waals surface area contributed by atoms with Crippen LogP contribution in [0.4, 0.5) is 11.5 Å². The number of aromatic nitrogens is 2. The number of thiophene rings is 1. The van der Waals surface area contributed by atoms with Crippen molar-refractivity contribution in [3.63, 3.8) is 0 Å². The van der Waals surface area contributed by atoms with Gasteiger partial charge >= 0.3 is 0 Å². The average Bonchev–Trinajstić information content (AvgIpc) is 3.28. The Bertz CT molecular complexity index is 1410. The molecule has 0 spiro atoms. The van der Waals surface area contributed by atoms with E-state index >= 15 is 0 Å². The Labute approximate surface area is 212 Å². The Morgan fingerprint density at radius 2 is 2.09 bits per heavy atom. The van der Waals surface area contributed by atoms with Crippen molar-refractivity contribution < 1.29 is 4.79 Å². The van der Waals surface area contributed by atoms with E-state index in [9.17, 15) is 9.59 Å². The largest absolute Gasteiger partial charge is 0.336 e. The zero-order valence-electron chi connectivity index (χ0n) is 19.0. The van der Waals surface area contributed by atoms with Crippen LogP contribution in [0.25, 0.3) is 11.3 Å². The van der Waals surface area contributed by atoms with Crippen LogP contribution in [-0.2, 0) is 19.9 Å². The minimum atomic E-state index is -0.193. The molecule has 3 aromatic rings. The fraction of sp³-hybridized carbons (Fsp3) is 0.231. The molecule has 0 saturated carbocycles. The molecule has 0 fully saturated rings. The van der Waals surface area contributed by atoms with Gasteiger partial charge in [-0.05, 0) is 76.1 Å². The number of benzene rings is 1. The predicted molar refractivity (Wildman–Crippen MR) is 149 cm³/mol. The monoisotopic (exact) mass is 584 g/mol. The van der Waals surface area contributed by atoms with Crippen LogP contribution in [0.5, 0.6) is 0 Å². The van der Waals surface area contributed by atoms with Gasteiger partial charge in [0.25, 0.3) is 11.5 Å². The van der Waals surface area contributed by atoms with Crippen molar-refractivity contribution in [3.05, 3.63) is 83.6 Å². The maximum atomic E-state index is 13.0. The first-order valence-electron chi connectivity index (χ1n) is 11.2. The lowest BCUT2D eigenvalue weighted by Gasteiger charge is -2.14. The molecule has 3 heterocycles. The second kappa shape index (κ2) is 9.79. The van der Waals surface area contributed by atoms with Gasteiger partial charge in [0.15, 0.2) is 5.82 Å². The van der Waals surface area contributed by atoms with Crippen LogP contribution in [0.1, 0.15) is 38.5 Å². The number of carbonyl (C=O) groups excluding carboxylic acids is 1. The fourth-order valence-corrected chi connectivity index (χ4v) is 6.76. The number of anilines is 2. The number of hydrogen-bond acceptors (Lipinski definition) is 5. The summed E-state index contributed by atoms with van der Waals surface area (Å²) in [5, 5.41) is 6.25. The van der Waals surface area contributed by atoms with Crippen molar-refractivity contribution in [1.82, 2.24) is 9.55 Å². The summed E-state index contributed by atoms with van der Waals surface area (Å²) in [6.45, 7) is 1.97. The fourth-order valence-electron chi connectivity index (χ4n) is 4.18. The van der Waals surface area contributed by atoms with E-state index in [-0.39, 0.29) is 38.0 Å². The Balaban J connectivity index is 1.44. The van der Waals surface area contributed by atoms with Gasteiger partial charge in [0.1, 0.15) is 0 Å². The number of nitrogens with zero attached hydrogens (tertiary/aromatic N) is 2. The highest BCUT2D eigenvalue weighted by molar-refractivity contribution is 14.2. The Hall–Kier alpha value is -2.85. The van der Waals surface area contributed by atoms with Crippen LogP contribution < -0.4 is 16.2 Å². The summed E-state index contributed by atoms with van der Waals surface area (Å²) in [5.74, 6) is 0.202. The summed E-state index contributed by atoms with van der Waals surface area (Å²) in [6, 6.07) is 7.82. The number of carbonyl (C=O) groups is 1. The van der Waals surface area contributed by atoms with E-state index in [1.54, 1.807) is 24.6 Å². The number of allylic oxidation sites excluding steroid dienone is 2. The second-order valence-corrected chi connectivity index (χ2v) is 11.7. The Morgan fingerprint density at radius 3 is 2.88 bits per heavy atom. The summed E-state index contributed by atoms with van der Waals surface area (Å²) >= 11 is 1.57. The molecule has 5 rings (SSSR count). The van der Waals surface area contributed by atoms with E-state index < -0.39 is 0 Å². The average molecular weight is 584 g/mol. The third-order valence-corrected chi connectivity index (χ3v) is 8.83. The van der Waals surface area contributed by atoms with Crippen LogP contribution in [0.3, 0.4) is 0 Å². The van der Waals surface area contributed by atoms with Crippen molar-refractivity contribution >= 4 is 53.5 Å². The molecule has 0 atom stereocenters. The van der Waals surface area contributed by atoms with Gasteiger partial charge in [-0.15, -0.1) is 11.3 Å². The number of amides is 1. The summed E-state index contributed by atoms with van der Waals surface area (Å²) in [5.41, 5.74) is 5.17. The van der Waals surface area contributed by atoms with Crippen LogP contribution >= 0.6 is 32.1 Å². The van der Waals surface area contributed by atoms with Crippen LogP contribution in [0, 0.1) is 6.92 Å². The standard InChI is InChI=1S/C26H25IN4O2S/c1-16-19(21-15-31(2)26(33)24(29-21)28-18-10-12-27-13-11-18)7-5-8-20(16)30-25(32)23-14-17-6-3-4-9-22(17)34-23/h5,7-8,10-15H,3-4,6,9H2,1-2H3,(H,28,29)(H,30,32). The number of fused-ring (bicyclic) bond motifs is 1. The summed E-state index contributed by atoms with van der Waals surface area (Å²) < 4.78 is 5.81. The maximum Gasteiger partial charge on any atom is 0.293 e. The molecule has 0 bridgehead atoms. The quantitative estimate of drug-likeness (QED) is 0.386. The van der Waals surface area contributed by atoms with Crippen LogP contribution in [-0.4, -0.2) is 19.5 Å². The van der Waals surface area contributed by atoms with Crippen LogP contribution in [0.2, 0.25) is 0 Å². The molecular weight excluding hydrogens is 559 g/mol. The smallest absolute Gasteiger partial charge is 0.293 e. The Kier molecular flexibility index (Phi) is 6.60. The molecule has 1 aliphatic heterocycles. The van der Waals surface area contributed by atoms with E-state index in [0.29, 0.717) is 5.69 Å². The molecule has 1 amide bonds. The van der Waals surface area contributed by atoms with Crippen LogP contribution in [0.15, 0.2) is 57.2 Å². The molecule has 1 aromatic carbocycles. The third kappa shape index (κ3) is 4.69. The maximum absolute atomic E-state index is 13.0. The molecule has 2 aliphatic rings. The first-order chi connectivity index (χ1) is 16.5. The molecule has 0 saturated heterocycles. The molecular formula is C26H25IN4O2S. The minimum Gasteiger partial charge on any atom is -0.336 e. The molecule has 2 aromatic heterocycles. The van der Waals surface area contributed by atoms with Gasteiger partial charge < -0.3 is 15.2 Å². The van der Waals surface area contributed by atoms with Crippen molar-refractivity contribution in [1.29, 1.82) is 0 Å². The van der Waals surface area contributed by atoms with E-state index in [1.165, 1.54) is 27.8 Å². The molecule has 2 N–H and O–H groups in total. The lowest BCUT2D eigenvalue weighted by atomic mass is 9.99. The topological polar surface area (TPSA) is 76.0 Å². The van der Waals surface area contributed by atoms with Gasteiger partial charge in [0, 0.05) is 35.1 Å². The van der Waals surface area contributed by atoms with Crippen molar-refractivity contribution in [2.45, 2.75) is 32.6 Å². The van der Waals surface area contributed by atoms with E-state index in [4.69, 9.17) is 0 Å². The minimum absolute atomic E-state index is 0.0386. The summed E-state index contributed by atoms with van der Waals surface area (Å²) in [4.78, 5) is 32.5. The second-order valence-electron chi connectivity index (χ2n) is 8.38. The molecule has 0 radical (unpaired) electrons. The number of halogens is 1. The normalized spacial score (nSPS) is 14.7. The van der Waals surface area contributed by atoms with E-state index in [2.05, 4.69) is 23.7 Å². The highest BCUT2D eigenvalue weighted by Crippen LogP contribution is 2.32. The van der Waals surface area contributed by atoms with Crippen molar-refractivity contribution in [3.8, 4) is 11.3 Å². The molecule has 34 heavy (non-hydrogen) atoms. The lowest BCUT2D eigenvalue weighted by Crippen LogP contribution is -2.22. The zero-order chi connectivity index (χ0) is 23.7. The van der Waals surface area contributed by atoms with Gasteiger partial charge in [-0.3, -0.25) is 9.59 Å². The van der Waals surface area contributed by atoms with Gasteiger partial charge in [-0.25, -0.2) is 4.98 Å². The highest BCUT2D eigenvalue weighted by Gasteiger charge is 2.19. The molecule has 1 aliphatic carbocycles. The predicted octanol–water partition coefficient (Wildman–Crippen LogP) is 5.54. The van der Waals surface area contributed by atoms with E-state index in [0.717, 1.165) is 40.2 Å². The molecule has 174 valence electrons. The third-order valence-electron chi connectivity index (χ3n) is 6.04. The van der Waals surface area contributed by atoms with Gasteiger partial charge in [-0.2, -0.15) is 0 Å². The lowest BCUT2D eigenvalue weighted by molar-refractivity contribution is 0.103. The van der Waals surface area contributed by atoms with Gasteiger partial charge in [0.05, 0.1) is 10.6 Å².